The molecule has 0 aliphatic rings. The van der Waals surface area contributed by atoms with Gasteiger partial charge in [-0.2, -0.15) is 0 Å². The van der Waals surface area contributed by atoms with Crippen LogP contribution in [0.1, 0.15) is 6.92 Å². The van der Waals surface area contributed by atoms with Crippen molar-refractivity contribution in [3.8, 4) is 0 Å². The topological polar surface area (TPSA) is 17.1 Å². The maximum atomic E-state index is 10.3. The van der Waals surface area contributed by atoms with Crippen molar-refractivity contribution >= 4 is 32.8 Å². The number of thioether (sulfide) groups is 1. The first-order chi connectivity index (χ1) is 4.27. The number of hydrogen-bond donors (Lipinski definition) is 0. The molecule has 0 N–H and O–H groups in total. The van der Waals surface area contributed by atoms with Crippen LogP contribution in [0, 0.1) is 0 Å². The third-order valence-electron chi connectivity index (χ3n) is 0.551. The zero-order valence-corrected chi connectivity index (χ0v) is 7.46. The van der Waals surface area contributed by atoms with Crippen molar-refractivity contribution in [3.05, 3.63) is 16.8 Å². The van der Waals surface area contributed by atoms with Crippen LogP contribution in [0.3, 0.4) is 0 Å². The fraction of sp³-hybridized carbons (Fsp3) is 0.333. The van der Waals surface area contributed by atoms with Crippen LogP contribution in [-0.4, -0.2) is 10.9 Å². The standard InChI is InChI=1S/C6H7BrOS/c1-6(8)9-5-3-2-4-7/h3-4H,5H2,1H3. The van der Waals surface area contributed by atoms with Gasteiger partial charge in [0.2, 0.25) is 0 Å². The van der Waals surface area contributed by atoms with Gasteiger partial charge in [-0.15, -0.1) is 5.73 Å². The quantitative estimate of drug-likeness (QED) is 0.646. The van der Waals surface area contributed by atoms with E-state index in [1.165, 1.54) is 11.8 Å². The number of halogens is 1. The van der Waals surface area contributed by atoms with Crippen LogP contribution in [0.5, 0.6) is 0 Å². The molecule has 0 heterocycles. The normalized spacial score (nSPS) is 7.78. The molecule has 1 nitrogen and oxygen atoms in total. The Bertz CT molecular complexity index is 147. The number of carbonyl (C=O) groups excluding carboxylic acids is 1. The Morgan fingerprint density at radius 1 is 1.89 bits per heavy atom. The number of rotatable bonds is 2. The Hall–Kier alpha value is 0.0200. The molecule has 0 atom stereocenters. The lowest BCUT2D eigenvalue weighted by atomic mass is 10.7. The number of hydrogen-bond acceptors (Lipinski definition) is 2. The Labute approximate surface area is 67.3 Å². The highest BCUT2D eigenvalue weighted by Crippen LogP contribution is 1.99. The minimum absolute atomic E-state index is 0.141. The van der Waals surface area contributed by atoms with Crippen molar-refractivity contribution in [2.24, 2.45) is 0 Å². The van der Waals surface area contributed by atoms with Gasteiger partial charge in [-0.1, -0.05) is 27.7 Å². The van der Waals surface area contributed by atoms with Crippen molar-refractivity contribution in [1.82, 2.24) is 0 Å². The molecule has 3 heteroatoms. The Kier molecular flexibility index (Phi) is 6.16. The van der Waals surface area contributed by atoms with Gasteiger partial charge in [0.15, 0.2) is 5.12 Å². The first-order valence-electron chi connectivity index (χ1n) is 2.40. The molecule has 0 aromatic carbocycles. The molecule has 0 rings (SSSR count). The molecule has 0 spiro atoms. The minimum atomic E-state index is 0.141. The predicted octanol–water partition coefficient (Wildman–Crippen LogP) is 2.33. The molecule has 0 amide bonds. The zero-order valence-electron chi connectivity index (χ0n) is 5.06. The molecule has 0 saturated heterocycles. The molecule has 0 unspecified atom stereocenters. The fourth-order valence-electron chi connectivity index (χ4n) is 0.252. The van der Waals surface area contributed by atoms with E-state index in [0.29, 0.717) is 5.75 Å². The van der Waals surface area contributed by atoms with Crippen LogP contribution in [-0.2, 0) is 4.79 Å². The highest BCUT2D eigenvalue weighted by Gasteiger charge is 1.86. The summed E-state index contributed by atoms with van der Waals surface area (Å²) in [6.45, 7) is 1.55. The van der Waals surface area contributed by atoms with Gasteiger partial charge in [0, 0.05) is 17.7 Å². The van der Waals surface area contributed by atoms with Crippen molar-refractivity contribution in [3.63, 3.8) is 0 Å². The summed E-state index contributed by atoms with van der Waals surface area (Å²) in [6.07, 6.45) is 1.79. The second kappa shape index (κ2) is 6.14. The first-order valence-corrected chi connectivity index (χ1v) is 4.30. The molecule has 0 aliphatic heterocycles. The SMILES string of the molecule is CC(=O)SCC=C=CBr. The lowest BCUT2D eigenvalue weighted by Gasteiger charge is -1.83. The van der Waals surface area contributed by atoms with E-state index in [2.05, 4.69) is 21.7 Å². The molecule has 0 fully saturated rings. The average Bonchev–Trinajstić information content (AvgIpc) is 1.80. The van der Waals surface area contributed by atoms with Crippen LogP contribution in [0.2, 0.25) is 0 Å². The molecule has 9 heavy (non-hydrogen) atoms. The fourth-order valence-corrected chi connectivity index (χ4v) is 0.853. The second-order valence-electron chi connectivity index (χ2n) is 1.28. The Balaban J connectivity index is 3.30. The molecular formula is C6H7BrOS. The third-order valence-corrected chi connectivity index (χ3v) is 1.55. The van der Waals surface area contributed by atoms with E-state index >= 15 is 0 Å². The molecule has 50 valence electrons. The van der Waals surface area contributed by atoms with Gasteiger partial charge in [-0.05, 0) is 6.08 Å². The van der Waals surface area contributed by atoms with E-state index in [1.54, 1.807) is 18.0 Å². The lowest BCUT2D eigenvalue weighted by Crippen LogP contribution is -1.80. The van der Waals surface area contributed by atoms with Gasteiger partial charge in [-0.25, -0.2) is 0 Å². The van der Waals surface area contributed by atoms with Gasteiger partial charge < -0.3 is 0 Å². The minimum Gasteiger partial charge on any atom is -0.288 e. The Morgan fingerprint density at radius 2 is 2.56 bits per heavy atom. The molecule has 0 aromatic rings. The van der Waals surface area contributed by atoms with Crippen LogP contribution in [0.25, 0.3) is 0 Å². The number of carbonyl (C=O) groups is 1. The molecule has 0 aromatic heterocycles. The predicted molar refractivity (Wildman–Crippen MR) is 44.7 cm³/mol. The average molecular weight is 207 g/mol. The summed E-state index contributed by atoms with van der Waals surface area (Å²) in [7, 11) is 0. The van der Waals surface area contributed by atoms with Crippen molar-refractivity contribution in [2.75, 3.05) is 5.75 Å². The summed E-state index contributed by atoms with van der Waals surface area (Å²) in [4.78, 5) is 11.9. The van der Waals surface area contributed by atoms with Crippen molar-refractivity contribution < 1.29 is 4.79 Å². The van der Waals surface area contributed by atoms with Gasteiger partial charge in [-0.3, -0.25) is 4.79 Å². The second-order valence-corrected chi connectivity index (χ2v) is 2.94. The largest absolute Gasteiger partial charge is 0.288 e. The van der Waals surface area contributed by atoms with Crippen LogP contribution >= 0.6 is 27.7 Å². The highest BCUT2D eigenvalue weighted by molar-refractivity contribution is 9.11. The summed E-state index contributed by atoms with van der Waals surface area (Å²) in [5.74, 6) is 0.706. The molecular weight excluding hydrogens is 200 g/mol. The van der Waals surface area contributed by atoms with E-state index in [9.17, 15) is 4.79 Å². The molecule has 0 saturated carbocycles. The summed E-state index contributed by atoms with van der Waals surface area (Å²) >= 11 is 4.33. The highest BCUT2D eigenvalue weighted by atomic mass is 79.9. The van der Waals surface area contributed by atoms with E-state index in [0.717, 1.165) is 0 Å². The van der Waals surface area contributed by atoms with E-state index in [-0.39, 0.29) is 5.12 Å². The molecule has 0 bridgehead atoms. The van der Waals surface area contributed by atoms with Gasteiger partial charge in [0.1, 0.15) is 0 Å². The van der Waals surface area contributed by atoms with E-state index in [4.69, 9.17) is 0 Å². The van der Waals surface area contributed by atoms with Crippen LogP contribution < -0.4 is 0 Å². The monoisotopic (exact) mass is 206 g/mol. The van der Waals surface area contributed by atoms with Crippen molar-refractivity contribution in [1.29, 1.82) is 0 Å². The smallest absolute Gasteiger partial charge is 0.186 e. The van der Waals surface area contributed by atoms with Gasteiger partial charge >= 0.3 is 0 Å². The third kappa shape index (κ3) is 8.02. The summed E-state index contributed by atoms with van der Waals surface area (Å²) in [5, 5.41) is 0.141. The zero-order chi connectivity index (χ0) is 7.11. The van der Waals surface area contributed by atoms with Gasteiger partial charge in [0.05, 0.1) is 0 Å². The van der Waals surface area contributed by atoms with Crippen LogP contribution in [0.4, 0.5) is 0 Å². The Morgan fingerprint density at radius 3 is 3.00 bits per heavy atom. The molecule has 0 radical (unpaired) electrons. The maximum Gasteiger partial charge on any atom is 0.186 e. The van der Waals surface area contributed by atoms with Crippen LogP contribution in [0.15, 0.2) is 16.8 Å². The lowest BCUT2D eigenvalue weighted by molar-refractivity contribution is -0.109. The van der Waals surface area contributed by atoms with E-state index < -0.39 is 0 Å². The van der Waals surface area contributed by atoms with E-state index in [1.807, 2.05) is 0 Å². The first kappa shape index (κ1) is 9.02. The molecule has 0 aliphatic carbocycles. The van der Waals surface area contributed by atoms with Crippen molar-refractivity contribution in [2.45, 2.75) is 6.92 Å². The summed E-state index contributed by atoms with van der Waals surface area (Å²) in [6, 6.07) is 0. The summed E-state index contributed by atoms with van der Waals surface area (Å²) in [5.41, 5.74) is 2.80. The summed E-state index contributed by atoms with van der Waals surface area (Å²) < 4.78 is 0. The maximum absolute atomic E-state index is 10.3. The van der Waals surface area contributed by atoms with Gasteiger partial charge in [0.25, 0.3) is 0 Å².